The molecule has 2 unspecified atom stereocenters. The van der Waals surface area contributed by atoms with Crippen LogP contribution in [0.3, 0.4) is 0 Å². The van der Waals surface area contributed by atoms with Crippen molar-refractivity contribution in [1.82, 2.24) is 9.97 Å². The van der Waals surface area contributed by atoms with Gasteiger partial charge in [-0.3, -0.25) is 0 Å². The Balaban J connectivity index is 1.60. The predicted octanol–water partition coefficient (Wildman–Crippen LogP) is 9.63. The monoisotopic (exact) mass is 502 g/mol. The molecule has 1 heterocycles. The van der Waals surface area contributed by atoms with Crippen LogP contribution in [0.5, 0.6) is 5.75 Å². The lowest BCUT2D eigenvalue weighted by atomic mass is 10.0. The Kier molecular flexibility index (Phi) is 16.0. The van der Waals surface area contributed by atoms with Crippen LogP contribution in [0.1, 0.15) is 116 Å². The molecule has 0 aliphatic carbocycles. The molecule has 1 aromatic heterocycles. The number of aromatic nitrogens is 2. The first-order valence-electron chi connectivity index (χ1n) is 14.4. The summed E-state index contributed by atoms with van der Waals surface area (Å²) in [5.74, 6) is 1.20. The Morgan fingerprint density at radius 2 is 1.28 bits per heavy atom. The van der Waals surface area contributed by atoms with Crippen molar-refractivity contribution in [1.29, 1.82) is 0 Å². The summed E-state index contributed by atoms with van der Waals surface area (Å²) in [7, 11) is 0. The van der Waals surface area contributed by atoms with E-state index >= 15 is 0 Å². The first-order chi connectivity index (χ1) is 17.6. The molecule has 5 heteroatoms. The van der Waals surface area contributed by atoms with Gasteiger partial charge in [0.1, 0.15) is 6.17 Å². The summed E-state index contributed by atoms with van der Waals surface area (Å²) < 4.78 is 32.7. The van der Waals surface area contributed by atoms with Crippen LogP contribution < -0.4 is 4.74 Å². The van der Waals surface area contributed by atoms with Crippen LogP contribution in [0, 0.1) is 0 Å². The first kappa shape index (κ1) is 30.2. The molecule has 3 nitrogen and oxygen atoms in total. The molecular weight excluding hydrogens is 454 g/mol. The second-order valence-electron chi connectivity index (χ2n) is 10.0. The maximum absolute atomic E-state index is 13.9. The summed E-state index contributed by atoms with van der Waals surface area (Å²) in [6, 6.07) is 8.50. The molecule has 0 aliphatic heterocycles. The zero-order valence-corrected chi connectivity index (χ0v) is 22.7. The fourth-order valence-corrected chi connectivity index (χ4v) is 4.39. The van der Waals surface area contributed by atoms with E-state index in [1.54, 1.807) is 12.4 Å². The molecule has 2 atom stereocenters. The molecular formula is C31H48F2N2O. The van der Waals surface area contributed by atoms with Gasteiger partial charge in [-0.25, -0.2) is 18.7 Å². The maximum Gasteiger partial charge on any atom is 0.159 e. The van der Waals surface area contributed by atoms with Crippen LogP contribution in [0.15, 0.2) is 36.7 Å². The highest BCUT2D eigenvalue weighted by Crippen LogP contribution is 2.20. The highest BCUT2D eigenvalue weighted by atomic mass is 19.1. The Morgan fingerprint density at radius 3 is 1.89 bits per heavy atom. The quantitative estimate of drug-likeness (QED) is 0.159. The zero-order chi connectivity index (χ0) is 25.8. The van der Waals surface area contributed by atoms with E-state index in [0.717, 1.165) is 12.0 Å². The molecule has 2 aromatic rings. The minimum absolute atomic E-state index is 0.268. The van der Waals surface area contributed by atoms with E-state index in [2.05, 4.69) is 41.2 Å². The van der Waals surface area contributed by atoms with Crippen molar-refractivity contribution in [2.45, 2.75) is 129 Å². The molecule has 0 N–H and O–H groups in total. The normalized spacial score (nSPS) is 13.0. The van der Waals surface area contributed by atoms with E-state index in [-0.39, 0.29) is 6.61 Å². The topological polar surface area (TPSA) is 35.0 Å². The molecule has 0 amide bonds. The summed E-state index contributed by atoms with van der Waals surface area (Å²) in [4.78, 5) is 8.82. The van der Waals surface area contributed by atoms with Gasteiger partial charge in [0.05, 0.1) is 25.2 Å². The second-order valence-corrected chi connectivity index (χ2v) is 10.0. The van der Waals surface area contributed by atoms with Crippen molar-refractivity contribution >= 4 is 0 Å². The van der Waals surface area contributed by atoms with Gasteiger partial charge in [-0.1, -0.05) is 95.9 Å². The van der Waals surface area contributed by atoms with Gasteiger partial charge >= 0.3 is 0 Å². The maximum atomic E-state index is 13.9. The molecule has 0 spiro atoms. The molecule has 0 fully saturated rings. The Morgan fingerprint density at radius 1 is 0.694 bits per heavy atom. The predicted molar refractivity (Wildman–Crippen MR) is 147 cm³/mol. The minimum atomic E-state index is -0.965. The van der Waals surface area contributed by atoms with E-state index in [1.807, 2.05) is 6.92 Å². The molecule has 0 aliphatic rings. The Labute approximate surface area is 218 Å². The first-order valence-corrected chi connectivity index (χ1v) is 14.4. The second kappa shape index (κ2) is 19.1. The number of nitrogens with zero attached hydrogens (tertiary/aromatic N) is 2. The number of aryl methyl sites for hydroxylation is 1. The fraction of sp³-hybridized carbons (Fsp3) is 0.677. The van der Waals surface area contributed by atoms with Crippen LogP contribution in [0.4, 0.5) is 8.78 Å². The number of halogens is 2. The zero-order valence-electron chi connectivity index (χ0n) is 22.7. The van der Waals surface area contributed by atoms with Crippen LogP contribution in [0.25, 0.3) is 11.4 Å². The summed E-state index contributed by atoms with van der Waals surface area (Å²) in [5.41, 5.74) is 2.34. The van der Waals surface area contributed by atoms with Crippen molar-refractivity contribution in [2.75, 3.05) is 6.61 Å². The van der Waals surface area contributed by atoms with Crippen molar-refractivity contribution in [3.05, 3.63) is 42.2 Å². The van der Waals surface area contributed by atoms with Crippen LogP contribution >= 0.6 is 0 Å². The molecule has 1 aromatic carbocycles. The van der Waals surface area contributed by atoms with Crippen LogP contribution in [0.2, 0.25) is 0 Å². The van der Waals surface area contributed by atoms with Crippen molar-refractivity contribution in [3.8, 4) is 17.1 Å². The van der Waals surface area contributed by atoms with E-state index < -0.39 is 12.3 Å². The molecule has 0 radical (unpaired) electrons. The third-order valence-corrected chi connectivity index (χ3v) is 6.84. The molecule has 202 valence electrons. The average Bonchev–Trinajstić information content (AvgIpc) is 2.90. The molecule has 0 saturated carbocycles. The van der Waals surface area contributed by atoms with Gasteiger partial charge in [0.15, 0.2) is 11.6 Å². The number of benzene rings is 1. The third kappa shape index (κ3) is 13.3. The van der Waals surface area contributed by atoms with Crippen LogP contribution in [-0.2, 0) is 6.42 Å². The van der Waals surface area contributed by atoms with Crippen molar-refractivity contribution in [2.24, 2.45) is 0 Å². The van der Waals surface area contributed by atoms with Gasteiger partial charge in [-0.15, -0.1) is 0 Å². The Hall–Kier alpha value is -2.04. The molecule has 36 heavy (non-hydrogen) atoms. The Bertz CT molecular complexity index is 782. The van der Waals surface area contributed by atoms with Crippen molar-refractivity contribution < 1.29 is 13.5 Å². The summed E-state index contributed by atoms with van der Waals surface area (Å²) in [5, 5.41) is 0. The smallest absolute Gasteiger partial charge is 0.159 e. The lowest BCUT2D eigenvalue weighted by molar-refractivity contribution is 0.213. The van der Waals surface area contributed by atoms with Gasteiger partial charge in [0, 0.05) is 12.0 Å². The van der Waals surface area contributed by atoms with Crippen LogP contribution in [-0.4, -0.2) is 28.9 Å². The van der Waals surface area contributed by atoms with E-state index in [1.165, 1.54) is 69.8 Å². The minimum Gasteiger partial charge on any atom is -0.490 e. The fourth-order valence-electron chi connectivity index (χ4n) is 4.39. The van der Waals surface area contributed by atoms with Gasteiger partial charge in [-0.05, 0) is 44.1 Å². The lowest BCUT2D eigenvalue weighted by Crippen LogP contribution is -2.09. The van der Waals surface area contributed by atoms with Gasteiger partial charge in [-0.2, -0.15) is 0 Å². The van der Waals surface area contributed by atoms with Gasteiger partial charge in [0.2, 0.25) is 0 Å². The SMILES string of the molecule is CCCCCCCCCCCCc1ccc(-c2ncc(OCCC(F)CCCC(F)CC)cn2)cc1. The van der Waals surface area contributed by atoms with E-state index in [4.69, 9.17) is 4.74 Å². The van der Waals surface area contributed by atoms with Crippen molar-refractivity contribution in [3.63, 3.8) is 0 Å². The lowest BCUT2D eigenvalue weighted by Gasteiger charge is -2.10. The number of rotatable bonds is 21. The molecule has 0 bridgehead atoms. The molecule has 2 rings (SSSR count). The largest absolute Gasteiger partial charge is 0.490 e. The molecule has 0 saturated heterocycles. The summed E-state index contributed by atoms with van der Waals surface area (Å²) in [6.45, 7) is 4.35. The standard InChI is InChI=1S/C31H48F2N2O/c1-3-5-6-7-8-9-10-11-12-13-15-26-18-20-27(21-19-26)31-34-24-30(25-35-31)36-23-22-29(33)17-14-16-28(32)4-2/h18-21,24-25,28-29H,3-17,22-23H2,1-2H3. The van der Waals surface area contributed by atoms with Gasteiger partial charge in [0.25, 0.3) is 0 Å². The average molecular weight is 503 g/mol. The number of hydrogen-bond donors (Lipinski definition) is 0. The van der Waals surface area contributed by atoms with Gasteiger partial charge < -0.3 is 4.74 Å². The van der Waals surface area contributed by atoms with E-state index in [0.29, 0.717) is 43.7 Å². The number of unbranched alkanes of at least 4 members (excludes halogenated alkanes) is 9. The third-order valence-electron chi connectivity index (χ3n) is 6.84. The number of ether oxygens (including phenoxy) is 1. The summed E-state index contributed by atoms with van der Waals surface area (Å²) >= 11 is 0. The number of alkyl halides is 2. The summed E-state index contributed by atoms with van der Waals surface area (Å²) in [6.07, 6.45) is 18.4. The highest BCUT2D eigenvalue weighted by Gasteiger charge is 2.10. The highest BCUT2D eigenvalue weighted by molar-refractivity contribution is 5.55. The number of hydrogen-bond acceptors (Lipinski definition) is 3. The van der Waals surface area contributed by atoms with E-state index in [9.17, 15) is 8.78 Å².